The highest BCUT2D eigenvalue weighted by Gasteiger charge is 2.28. The summed E-state index contributed by atoms with van der Waals surface area (Å²) in [4.78, 5) is 0.316. The molecule has 1 aliphatic carbocycles. The molecule has 0 aromatic heterocycles. The third-order valence-electron chi connectivity index (χ3n) is 5.72. The molecule has 1 saturated carbocycles. The second kappa shape index (κ2) is 8.59. The summed E-state index contributed by atoms with van der Waals surface area (Å²) in [6.45, 7) is 1.59. The van der Waals surface area contributed by atoms with E-state index in [1.165, 1.54) is 52.1 Å². The summed E-state index contributed by atoms with van der Waals surface area (Å²) in [5.41, 5.74) is 0. The van der Waals surface area contributed by atoms with Crippen molar-refractivity contribution in [3.05, 3.63) is 24.3 Å². The van der Waals surface area contributed by atoms with Crippen LogP contribution in [0.25, 0.3) is 0 Å². The predicted molar refractivity (Wildman–Crippen MR) is 105 cm³/mol. The molecule has 0 radical (unpaired) electrons. The van der Waals surface area contributed by atoms with Gasteiger partial charge in [0.05, 0.1) is 9.79 Å². The lowest BCUT2D eigenvalue weighted by Crippen LogP contribution is -2.35. The van der Waals surface area contributed by atoms with Crippen LogP contribution in [0.3, 0.4) is 0 Å². The SMILES string of the molecule is CN(CC1CCCCC1)S(=O)(=O)c1ccc(S(=O)(=O)N2CCCCC2)cc1. The maximum absolute atomic E-state index is 12.8. The van der Waals surface area contributed by atoms with Gasteiger partial charge < -0.3 is 0 Å². The van der Waals surface area contributed by atoms with Crippen molar-refractivity contribution < 1.29 is 16.8 Å². The summed E-state index contributed by atoms with van der Waals surface area (Å²) in [6, 6.07) is 5.68. The smallest absolute Gasteiger partial charge is 0.207 e. The van der Waals surface area contributed by atoms with Crippen molar-refractivity contribution in [2.24, 2.45) is 5.92 Å². The van der Waals surface area contributed by atoms with E-state index in [0.29, 0.717) is 25.6 Å². The molecule has 8 heteroatoms. The first-order valence-corrected chi connectivity index (χ1v) is 12.8. The summed E-state index contributed by atoms with van der Waals surface area (Å²) in [5.74, 6) is 0.414. The minimum atomic E-state index is -3.60. The molecule has 2 aliphatic rings. The van der Waals surface area contributed by atoms with E-state index in [9.17, 15) is 16.8 Å². The second-order valence-corrected chi connectivity index (χ2v) is 11.7. The van der Waals surface area contributed by atoms with Crippen molar-refractivity contribution in [2.75, 3.05) is 26.7 Å². The zero-order chi connectivity index (χ0) is 19.5. The molecular formula is C19H30N2O4S2. The van der Waals surface area contributed by atoms with Gasteiger partial charge in [-0.15, -0.1) is 0 Å². The fourth-order valence-corrected chi connectivity index (χ4v) is 6.81. The monoisotopic (exact) mass is 414 g/mol. The Kier molecular flexibility index (Phi) is 6.61. The minimum Gasteiger partial charge on any atom is -0.207 e. The lowest BCUT2D eigenvalue weighted by molar-refractivity contribution is 0.300. The molecule has 2 fully saturated rings. The predicted octanol–water partition coefficient (Wildman–Crippen LogP) is 3.06. The van der Waals surface area contributed by atoms with E-state index < -0.39 is 20.0 Å². The van der Waals surface area contributed by atoms with Gasteiger partial charge in [-0.25, -0.2) is 21.1 Å². The molecule has 1 heterocycles. The van der Waals surface area contributed by atoms with Gasteiger partial charge >= 0.3 is 0 Å². The van der Waals surface area contributed by atoms with Gasteiger partial charge in [0.2, 0.25) is 20.0 Å². The normalized spacial score (nSPS) is 20.8. The number of hydrogen-bond acceptors (Lipinski definition) is 4. The van der Waals surface area contributed by atoms with Crippen molar-refractivity contribution in [1.82, 2.24) is 8.61 Å². The maximum Gasteiger partial charge on any atom is 0.243 e. The molecule has 27 heavy (non-hydrogen) atoms. The van der Waals surface area contributed by atoms with Crippen LogP contribution in [0, 0.1) is 5.92 Å². The largest absolute Gasteiger partial charge is 0.243 e. The van der Waals surface area contributed by atoms with Crippen LogP contribution in [0.5, 0.6) is 0 Å². The summed E-state index contributed by atoms with van der Waals surface area (Å²) in [5, 5.41) is 0. The van der Waals surface area contributed by atoms with Gasteiger partial charge in [-0.1, -0.05) is 25.7 Å². The first-order chi connectivity index (χ1) is 12.8. The third kappa shape index (κ3) is 4.72. The molecule has 1 aliphatic heterocycles. The van der Waals surface area contributed by atoms with E-state index in [1.54, 1.807) is 7.05 Å². The van der Waals surface area contributed by atoms with E-state index in [4.69, 9.17) is 0 Å². The molecule has 0 amide bonds. The molecule has 0 N–H and O–H groups in total. The topological polar surface area (TPSA) is 74.8 Å². The molecule has 0 spiro atoms. The molecule has 3 rings (SSSR count). The zero-order valence-corrected chi connectivity index (χ0v) is 17.6. The number of benzene rings is 1. The maximum atomic E-state index is 12.8. The van der Waals surface area contributed by atoms with E-state index in [1.807, 2.05) is 0 Å². The van der Waals surface area contributed by atoms with Gasteiger partial charge in [0, 0.05) is 26.7 Å². The Balaban J connectivity index is 1.73. The van der Waals surface area contributed by atoms with Gasteiger partial charge in [-0.2, -0.15) is 4.31 Å². The molecule has 0 atom stereocenters. The van der Waals surface area contributed by atoms with E-state index >= 15 is 0 Å². The number of sulfonamides is 2. The van der Waals surface area contributed by atoms with E-state index in [2.05, 4.69) is 0 Å². The summed E-state index contributed by atoms with van der Waals surface area (Å²) >= 11 is 0. The van der Waals surface area contributed by atoms with E-state index in [-0.39, 0.29) is 9.79 Å². The Labute approximate surface area is 163 Å². The Morgan fingerprint density at radius 2 is 1.37 bits per heavy atom. The molecule has 6 nitrogen and oxygen atoms in total. The highest BCUT2D eigenvalue weighted by atomic mass is 32.2. The van der Waals surface area contributed by atoms with Crippen LogP contribution in [0.15, 0.2) is 34.1 Å². The van der Waals surface area contributed by atoms with Gasteiger partial charge in [0.1, 0.15) is 0 Å². The molecule has 152 valence electrons. The standard InChI is InChI=1S/C19H30N2O4S2/c1-20(16-17-8-4-2-5-9-17)26(22,23)18-10-12-19(13-11-18)27(24,25)21-14-6-3-7-15-21/h10-13,17H,2-9,14-16H2,1H3. The Morgan fingerprint density at radius 3 is 1.96 bits per heavy atom. The van der Waals surface area contributed by atoms with Crippen molar-refractivity contribution in [2.45, 2.75) is 61.2 Å². The number of rotatable bonds is 6. The van der Waals surface area contributed by atoms with Crippen LogP contribution in [0.4, 0.5) is 0 Å². The number of piperidine rings is 1. The number of nitrogens with zero attached hydrogens (tertiary/aromatic N) is 2. The average molecular weight is 415 g/mol. The van der Waals surface area contributed by atoms with Gasteiger partial charge in [0.25, 0.3) is 0 Å². The Bertz CT molecular complexity index is 823. The van der Waals surface area contributed by atoms with Crippen molar-refractivity contribution in [1.29, 1.82) is 0 Å². The first kappa shape index (κ1) is 20.8. The van der Waals surface area contributed by atoms with Crippen molar-refractivity contribution >= 4 is 20.0 Å². The van der Waals surface area contributed by atoms with Crippen LogP contribution in [0.1, 0.15) is 51.4 Å². The van der Waals surface area contributed by atoms with Crippen LogP contribution in [0.2, 0.25) is 0 Å². The fourth-order valence-electron chi connectivity index (χ4n) is 4.05. The molecular weight excluding hydrogens is 384 g/mol. The molecule has 0 bridgehead atoms. The van der Waals surface area contributed by atoms with Crippen molar-refractivity contribution in [3.63, 3.8) is 0 Å². The molecule has 1 aromatic carbocycles. The Hall–Kier alpha value is -0.960. The Morgan fingerprint density at radius 1 is 0.852 bits per heavy atom. The van der Waals surface area contributed by atoms with Crippen LogP contribution in [-0.2, 0) is 20.0 Å². The lowest BCUT2D eigenvalue weighted by Gasteiger charge is -2.27. The fraction of sp³-hybridized carbons (Fsp3) is 0.684. The van der Waals surface area contributed by atoms with Gasteiger partial charge in [-0.3, -0.25) is 0 Å². The number of hydrogen-bond donors (Lipinski definition) is 0. The molecule has 1 saturated heterocycles. The summed E-state index contributed by atoms with van der Waals surface area (Å²) < 4.78 is 54.0. The lowest BCUT2D eigenvalue weighted by atomic mass is 9.89. The third-order valence-corrected chi connectivity index (χ3v) is 9.48. The quantitative estimate of drug-likeness (QED) is 0.717. The molecule has 0 unspecified atom stereocenters. The first-order valence-electron chi connectivity index (χ1n) is 9.88. The van der Waals surface area contributed by atoms with Crippen molar-refractivity contribution in [3.8, 4) is 0 Å². The van der Waals surface area contributed by atoms with Gasteiger partial charge in [-0.05, 0) is 55.9 Å². The summed E-state index contributed by atoms with van der Waals surface area (Å²) in [6.07, 6.45) is 8.52. The van der Waals surface area contributed by atoms with Crippen LogP contribution < -0.4 is 0 Å². The van der Waals surface area contributed by atoms with Crippen LogP contribution in [-0.4, -0.2) is 52.1 Å². The second-order valence-electron chi connectivity index (χ2n) is 7.73. The average Bonchev–Trinajstić information content (AvgIpc) is 2.69. The van der Waals surface area contributed by atoms with Crippen LogP contribution >= 0.6 is 0 Å². The molecule has 1 aromatic rings. The van der Waals surface area contributed by atoms with Gasteiger partial charge in [0.15, 0.2) is 0 Å². The minimum absolute atomic E-state index is 0.151. The highest BCUT2D eigenvalue weighted by molar-refractivity contribution is 7.89. The van der Waals surface area contributed by atoms with E-state index in [0.717, 1.165) is 32.1 Å². The summed E-state index contributed by atoms with van der Waals surface area (Å²) in [7, 11) is -5.53. The zero-order valence-electron chi connectivity index (χ0n) is 16.0. The highest BCUT2D eigenvalue weighted by Crippen LogP contribution is 2.27.